The first kappa shape index (κ1) is 16.3. The second kappa shape index (κ2) is 6.48. The van der Waals surface area contributed by atoms with Gasteiger partial charge in [0.15, 0.2) is 11.2 Å². The fourth-order valence-corrected chi connectivity index (χ4v) is 2.59. The number of nitro benzene ring substituents is 1. The van der Waals surface area contributed by atoms with Gasteiger partial charge in [0.05, 0.1) is 17.6 Å². The summed E-state index contributed by atoms with van der Waals surface area (Å²) in [4.78, 5) is 25.9. The van der Waals surface area contributed by atoms with Crippen LogP contribution in [0.25, 0.3) is 23.1 Å². The first-order valence-electron chi connectivity index (χ1n) is 7.35. The Morgan fingerprint density at radius 3 is 2.68 bits per heavy atom. The highest BCUT2D eigenvalue weighted by Gasteiger charge is 2.22. The Balaban J connectivity index is 2.09. The van der Waals surface area contributed by atoms with E-state index >= 15 is 0 Å². The van der Waals surface area contributed by atoms with Crippen LogP contribution in [0.2, 0.25) is 0 Å². The highest BCUT2D eigenvalue weighted by molar-refractivity contribution is 5.82. The lowest BCUT2D eigenvalue weighted by Crippen LogP contribution is -2.02. The molecule has 0 atom stereocenters. The van der Waals surface area contributed by atoms with Gasteiger partial charge >= 0.3 is 5.69 Å². The van der Waals surface area contributed by atoms with E-state index in [9.17, 15) is 20.0 Å². The minimum Gasteiger partial charge on any atom is -0.504 e. The van der Waals surface area contributed by atoms with Gasteiger partial charge in [0.25, 0.3) is 0 Å². The van der Waals surface area contributed by atoms with Crippen LogP contribution in [0.5, 0.6) is 11.5 Å². The summed E-state index contributed by atoms with van der Waals surface area (Å²) in [5.74, 6) is -0.524. The number of H-pyrrole nitrogens is 1. The number of pyridine rings is 1. The molecule has 0 aliphatic rings. The number of methoxy groups -OCH3 is 1. The van der Waals surface area contributed by atoms with E-state index in [1.54, 1.807) is 30.3 Å². The summed E-state index contributed by atoms with van der Waals surface area (Å²) in [6, 6.07) is 11.2. The van der Waals surface area contributed by atoms with Crippen LogP contribution < -0.4 is 10.2 Å². The highest BCUT2D eigenvalue weighted by Crippen LogP contribution is 2.39. The van der Waals surface area contributed by atoms with Crippen LogP contribution in [0, 0.1) is 10.1 Å². The smallest absolute Gasteiger partial charge is 0.322 e. The number of phenols is 1. The fraction of sp³-hybridized carbons (Fsp3) is 0.0556. The molecule has 3 rings (SSSR count). The molecule has 0 saturated heterocycles. The van der Waals surface area contributed by atoms with Crippen LogP contribution in [0.1, 0.15) is 11.3 Å². The number of ether oxygens (including phenoxy) is 1. The number of nitrogens with zero attached hydrogens (tertiary/aromatic N) is 1. The van der Waals surface area contributed by atoms with Crippen molar-refractivity contribution in [3.05, 3.63) is 74.1 Å². The molecule has 0 amide bonds. The topological polar surface area (TPSA) is 105 Å². The van der Waals surface area contributed by atoms with Gasteiger partial charge in [0, 0.05) is 22.7 Å². The molecule has 126 valence electrons. The number of hydrogen-bond donors (Lipinski definition) is 2. The average Bonchev–Trinajstić information content (AvgIpc) is 2.60. The SMILES string of the molecule is COc1c(O)ccc(/C=C/c2cc(=O)c3ccccc3[nH]2)c1[N+](=O)[O-]. The van der Waals surface area contributed by atoms with Gasteiger partial charge in [-0.2, -0.15) is 0 Å². The molecular weight excluding hydrogens is 324 g/mol. The van der Waals surface area contributed by atoms with Gasteiger partial charge in [-0.05, 0) is 36.4 Å². The lowest BCUT2D eigenvalue weighted by molar-refractivity contribution is -0.386. The molecule has 0 bridgehead atoms. The van der Waals surface area contributed by atoms with Crippen LogP contribution >= 0.6 is 0 Å². The summed E-state index contributed by atoms with van der Waals surface area (Å²) in [5.41, 5.74) is 0.930. The van der Waals surface area contributed by atoms with E-state index in [1.165, 1.54) is 31.4 Å². The third kappa shape index (κ3) is 3.07. The Kier molecular flexibility index (Phi) is 4.21. The number of aromatic hydroxyl groups is 1. The van der Waals surface area contributed by atoms with Crippen molar-refractivity contribution in [1.29, 1.82) is 0 Å². The number of hydrogen-bond acceptors (Lipinski definition) is 5. The molecule has 2 N–H and O–H groups in total. The molecule has 0 unspecified atom stereocenters. The van der Waals surface area contributed by atoms with Gasteiger partial charge in [0.2, 0.25) is 5.75 Å². The van der Waals surface area contributed by atoms with E-state index in [4.69, 9.17) is 4.74 Å². The van der Waals surface area contributed by atoms with E-state index in [0.717, 1.165) is 0 Å². The van der Waals surface area contributed by atoms with E-state index in [2.05, 4.69) is 4.98 Å². The largest absolute Gasteiger partial charge is 0.504 e. The van der Waals surface area contributed by atoms with Gasteiger partial charge in [-0.25, -0.2) is 0 Å². The number of aromatic nitrogens is 1. The highest BCUT2D eigenvalue weighted by atomic mass is 16.6. The number of para-hydroxylation sites is 1. The van der Waals surface area contributed by atoms with Gasteiger partial charge in [-0.3, -0.25) is 14.9 Å². The standard InChI is InChI=1S/C18H14N2O5/c1-25-18-15(21)9-7-11(17(18)20(23)24)6-8-12-10-16(22)13-4-2-3-5-14(13)19-12/h2-10,21H,1H3,(H,19,22)/b8-6+. The van der Waals surface area contributed by atoms with E-state index in [0.29, 0.717) is 16.6 Å². The maximum atomic E-state index is 12.1. The summed E-state index contributed by atoms with van der Waals surface area (Å²) in [7, 11) is 1.25. The first-order valence-corrected chi connectivity index (χ1v) is 7.35. The van der Waals surface area contributed by atoms with Crippen LogP contribution in [0.4, 0.5) is 5.69 Å². The molecule has 1 heterocycles. The van der Waals surface area contributed by atoms with Crippen molar-refractivity contribution in [2.75, 3.05) is 7.11 Å². The van der Waals surface area contributed by atoms with Gasteiger partial charge in [-0.15, -0.1) is 0 Å². The molecule has 25 heavy (non-hydrogen) atoms. The maximum Gasteiger partial charge on any atom is 0.322 e. The molecule has 0 radical (unpaired) electrons. The molecule has 3 aromatic rings. The summed E-state index contributed by atoms with van der Waals surface area (Å²) >= 11 is 0. The lowest BCUT2D eigenvalue weighted by atomic mass is 10.1. The Morgan fingerprint density at radius 1 is 1.20 bits per heavy atom. The quantitative estimate of drug-likeness (QED) is 0.561. The molecule has 0 saturated carbocycles. The average molecular weight is 338 g/mol. The maximum absolute atomic E-state index is 12.1. The molecule has 7 heteroatoms. The van der Waals surface area contributed by atoms with Crippen molar-refractivity contribution in [1.82, 2.24) is 4.98 Å². The van der Waals surface area contributed by atoms with Gasteiger partial charge in [0.1, 0.15) is 0 Å². The zero-order valence-electron chi connectivity index (χ0n) is 13.2. The Morgan fingerprint density at radius 2 is 1.96 bits per heavy atom. The summed E-state index contributed by atoms with van der Waals surface area (Å²) in [6.07, 6.45) is 3.05. The number of benzene rings is 2. The van der Waals surface area contributed by atoms with Crippen molar-refractivity contribution >= 4 is 28.7 Å². The fourth-order valence-electron chi connectivity index (χ4n) is 2.59. The van der Waals surface area contributed by atoms with Crippen LogP contribution in [0.3, 0.4) is 0 Å². The van der Waals surface area contributed by atoms with Crippen molar-refractivity contribution in [2.24, 2.45) is 0 Å². The normalized spacial score (nSPS) is 11.1. The predicted octanol–water partition coefficient (Wildman–Crippen LogP) is 3.32. The zero-order chi connectivity index (χ0) is 18.0. The van der Waals surface area contributed by atoms with Gasteiger partial charge < -0.3 is 14.8 Å². The van der Waals surface area contributed by atoms with Crippen LogP contribution in [-0.2, 0) is 0 Å². The third-order valence-electron chi connectivity index (χ3n) is 3.73. The van der Waals surface area contributed by atoms with Crippen molar-refractivity contribution < 1.29 is 14.8 Å². The Hall–Kier alpha value is -3.61. The number of rotatable bonds is 4. The molecule has 0 fully saturated rings. The van der Waals surface area contributed by atoms with Crippen molar-refractivity contribution in [3.8, 4) is 11.5 Å². The Labute approximate surface area is 142 Å². The van der Waals surface area contributed by atoms with Crippen molar-refractivity contribution in [2.45, 2.75) is 0 Å². The van der Waals surface area contributed by atoms with Crippen LogP contribution in [-0.4, -0.2) is 22.1 Å². The van der Waals surface area contributed by atoms with E-state index in [-0.39, 0.29) is 28.2 Å². The lowest BCUT2D eigenvalue weighted by Gasteiger charge is -2.06. The molecule has 0 aliphatic heterocycles. The summed E-state index contributed by atoms with van der Waals surface area (Å²) in [5, 5.41) is 21.6. The molecular formula is C18H14N2O5. The number of aromatic amines is 1. The number of fused-ring (bicyclic) bond motifs is 1. The van der Waals surface area contributed by atoms with Gasteiger partial charge in [-0.1, -0.05) is 12.1 Å². The number of phenolic OH excluding ortho intramolecular Hbond substituents is 1. The summed E-state index contributed by atoms with van der Waals surface area (Å²) in [6.45, 7) is 0. The second-order valence-electron chi connectivity index (χ2n) is 5.28. The monoisotopic (exact) mass is 338 g/mol. The molecule has 0 spiro atoms. The zero-order valence-corrected chi connectivity index (χ0v) is 13.2. The molecule has 0 aliphatic carbocycles. The second-order valence-corrected chi connectivity index (χ2v) is 5.28. The Bertz CT molecular complexity index is 1050. The van der Waals surface area contributed by atoms with E-state index < -0.39 is 4.92 Å². The van der Waals surface area contributed by atoms with Crippen molar-refractivity contribution in [3.63, 3.8) is 0 Å². The molecule has 1 aromatic heterocycles. The minimum absolute atomic E-state index is 0.146. The van der Waals surface area contributed by atoms with Crippen LogP contribution in [0.15, 0.2) is 47.3 Å². The first-order chi connectivity index (χ1) is 12.0. The number of nitrogens with one attached hydrogen (secondary N) is 1. The molecule has 2 aromatic carbocycles. The molecule has 7 nitrogen and oxygen atoms in total. The predicted molar refractivity (Wildman–Crippen MR) is 94.8 cm³/mol. The van der Waals surface area contributed by atoms with E-state index in [1.807, 2.05) is 0 Å². The summed E-state index contributed by atoms with van der Waals surface area (Å²) < 4.78 is 4.92. The minimum atomic E-state index is -0.624. The third-order valence-corrected chi connectivity index (χ3v) is 3.73. The number of nitro groups is 1.